The highest BCUT2D eigenvalue weighted by molar-refractivity contribution is 7.80. The molecule has 0 saturated carbocycles. The molecule has 0 bridgehead atoms. The van der Waals surface area contributed by atoms with Crippen molar-refractivity contribution in [1.82, 2.24) is 0 Å². The number of benzene rings is 1. The standard InChI is InChI=1S/C9H7ClOS2/c1-11-6-4-8-5(2-7(6)12)3-9(10)13-8/h2-4,12H,1H3. The van der Waals surface area contributed by atoms with E-state index in [0.29, 0.717) is 0 Å². The molecule has 1 aromatic carbocycles. The molecule has 1 heterocycles. The number of methoxy groups -OCH3 is 1. The molecule has 0 radical (unpaired) electrons. The van der Waals surface area contributed by atoms with Gasteiger partial charge in [0.05, 0.1) is 11.4 Å². The van der Waals surface area contributed by atoms with Gasteiger partial charge in [0.1, 0.15) is 5.75 Å². The normalized spacial score (nSPS) is 10.7. The van der Waals surface area contributed by atoms with E-state index in [2.05, 4.69) is 12.6 Å². The summed E-state index contributed by atoms with van der Waals surface area (Å²) >= 11 is 11.7. The maximum atomic E-state index is 5.88. The van der Waals surface area contributed by atoms with E-state index in [-0.39, 0.29) is 0 Å². The Morgan fingerprint density at radius 1 is 1.38 bits per heavy atom. The van der Waals surface area contributed by atoms with Gasteiger partial charge in [-0.25, -0.2) is 0 Å². The zero-order valence-electron chi connectivity index (χ0n) is 6.87. The maximum absolute atomic E-state index is 5.88. The molecule has 1 nitrogen and oxygen atoms in total. The fourth-order valence-electron chi connectivity index (χ4n) is 1.19. The maximum Gasteiger partial charge on any atom is 0.133 e. The Labute approximate surface area is 90.7 Å². The number of fused-ring (bicyclic) bond motifs is 1. The molecule has 0 spiro atoms. The second-order valence-corrected chi connectivity index (χ2v) is 4.81. The first-order chi connectivity index (χ1) is 6.20. The van der Waals surface area contributed by atoms with Gasteiger partial charge >= 0.3 is 0 Å². The van der Waals surface area contributed by atoms with Gasteiger partial charge in [-0.2, -0.15) is 0 Å². The van der Waals surface area contributed by atoms with Gasteiger partial charge in [0.2, 0.25) is 0 Å². The molecule has 2 rings (SSSR count). The van der Waals surface area contributed by atoms with Crippen molar-refractivity contribution in [3.05, 3.63) is 22.5 Å². The number of thiophene rings is 1. The third kappa shape index (κ3) is 1.64. The smallest absolute Gasteiger partial charge is 0.133 e. The largest absolute Gasteiger partial charge is 0.496 e. The Kier molecular flexibility index (Phi) is 2.41. The number of hydrogen-bond donors (Lipinski definition) is 1. The molecule has 4 heteroatoms. The predicted octanol–water partition coefficient (Wildman–Crippen LogP) is 3.85. The van der Waals surface area contributed by atoms with Gasteiger partial charge in [-0.1, -0.05) is 11.6 Å². The van der Waals surface area contributed by atoms with Crippen molar-refractivity contribution in [2.24, 2.45) is 0 Å². The molecule has 0 aliphatic rings. The minimum Gasteiger partial charge on any atom is -0.496 e. The van der Waals surface area contributed by atoms with Crippen LogP contribution in [0.5, 0.6) is 5.75 Å². The van der Waals surface area contributed by atoms with Crippen LogP contribution in [0, 0.1) is 0 Å². The zero-order chi connectivity index (χ0) is 9.42. The van der Waals surface area contributed by atoms with E-state index in [4.69, 9.17) is 16.3 Å². The van der Waals surface area contributed by atoms with Crippen molar-refractivity contribution in [3.63, 3.8) is 0 Å². The van der Waals surface area contributed by atoms with Crippen molar-refractivity contribution < 1.29 is 4.74 Å². The molecule has 0 saturated heterocycles. The topological polar surface area (TPSA) is 9.23 Å². The van der Waals surface area contributed by atoms with E-state index in [0.717, 1.165) is 25.1 Å². The fraction of sp³-hybridized carbons (Fsp3) is 0.111. The summed E-state index contributed by atoms with van der Waals surface area (Å²) in [5.74, 6) is 0.786. The Hall–Kier alpha value is -0.380. The molecular formula is C9H7ClOS2. The van der Waals surface area contributed by atoms with Crippen LogP contribution in [0.1, 0.15) is 0 Å². The van der Waals surface area contributed by atoms with Crippen LogP contribution in [0.4, 0.5) is 0 Å². The first-order valence-corrected chi connectivity index (χ1v) is 5.31. The molecular weight excluding hydrogens is 224 g/mol. The Morgan fingerprint density at radius 2 is 2.15 bits per heavy atom. The van der Waals surface area contributed by atoms with Crippen molar-refractivity contribution >= 4 is 45.7 Å². The summed E-state index contributed by atoms with van der Waals surface area (Å²) in [6.45, 7) is 0. The number of thiol groups is 1. The summed E-state index contributed by atoms with van der Waals surface area (Å²) < 4.78 is 7.06. The fourth-order valence-corrected chi connectivity index (χ4v) is 2.65. The molecule has 0 aliphatic heterocycles. The molecule has 2 aromatic rings. The number of hydrogen-bond acceptors (Lipinski definition) is 3. The number of ether oxygens (including phenoxy) is 1. The highest BCUT2D eigenvalue weighted by atomic mass is 35.5. The van der Waals surface area contributed by atoms with Crippen LogP contribution in [0.2, 0.25) is 4.34 Å². The van der Waals surface area contributed by atoms with Crippen LogP contribution >= 0.6 is 35.6 Å². The molecule has 0 N–H and O–H groups in total. The lowest BCUT2D eigenvalue weighted by Gasteiger charge is -2.02. The first-order valence-electron chi connectivity index (χ1n) is 3.67. The molecule has 0 amide bonds. The molecule has 0 atom stereocenters. The molecule has 0 aliphatic carbocycles. The summed E-state index contributed by atoms with van der Waals surface area (Å²) in [4.78, 5) is 0.837. The molecule has 68 valence electrons. The van der Waals surface area contributed by atoms with Gasteiger partial charge in [-0.3, -0.25) is 0 Å². The third-order valence-corrected chi connectivity index (χ3v) is 3.36. The number of rotatable bonds is 1. The first kappa shape index (κ1) is 9.19. The van der Waals surface area contributed by atoms with Crippen molar-refractivity contribution in [2.45, 2.75) is 4.90 Å². The van der Waals surface area contributed by atoms with Crippen molar-refractivity contribution in [1.29, 1.82) is 0 Å². The van der Waals surface area contributed by atoms with E-state index in [1.807, 2.05) is 18.2 Å². The highest BCUT2D eigenvalue weighted by Gasteiger charge is 2.04. The Bertz CT molecular complexity index is 450. The lowest BCUT2D eigenvalue weighted by Crippen LogP contribution is -1.83. The van der Waals surface area contributed by atoms with Gasteiger partial charge in [0, 0.05) is 9.60 Å². The average molecular weight is 231 g/mol. The SMILES string of the molecule is COc1cc2sc(Cl)cc2cc1S. The monoisotopic (exact) mass is 230 g/mol. The minimum atomic E-state index is 0.786. The summed E-state index contributed by atoms with van der Waals surface area (Å²) in [5.41, 5.74) is 0. The van der Waals surface area contributed by atoms with Crippen molar-refractivity contribution in [2.75, 3.05) is 7.11 Å². The summed E-state index contributed by atoms with van der Waals surface area (Å²) in [6, 6.07) is 5.84. The van der Waals surface area contributed by atoms with Crippen LogP contribution in [-0.2, 0) is 0 Å². The van der Waals surface area contributed by atoms with E-state index < -0.39 is 0 Å². The predicted molar refractivity (Wildman–Crippen MR) is 60.6 cm³/mol. The van der Waals surface area contributed by atoms with Gasteiger partial charge in [-0.15, -0.1) is 24.0 Å². The lowest BCUT2D eigenvalue weighted by atomic mass is 10.2. The minimum absolute atomic E-state index is 0.786. The number of halogens is 1. The third-order valence-electron chi connectivity index (χ3n) is 1.79. The van der Waals surface area contributed by atoms with Crippen molar-refractivity contribution in [3.8, 4) is 5.75 Å². The summed E-state index contributed by atoms with van der Waals surface area (Å²) in [6.07, 6.45) is 0. The second-order valence-electron chi connectivity index (χ2n) is 2.61. The Morgan fingerprint density at radius 3 is 2.85 bits per heavy atom. The van der Waals surface area contributed by atoms with Gasteiger partial charge in [-0.05, 0) is 23.6 Å². The quantitative estimate of drug-likeness (QED) is 0.733. The van der Waals surface area contributed by atoms with Gasteiger partial charge < -0.3 is 4.74 Å². The van der Waals surface area contributed by atoms with E-state index in [1.165, 1.54) is 0 Å². The van der Waals surface area contributed by atoms with Crippen LogP contribution in [0.3, 0.4) is 0 Å². The van der Waals surface area contributed by atoms with Crippen LogP contribution < -0.4 is 4.74 Å². The summed E-state index contributed by atoms with van der Waals surface area (Å²) in [7, 11) is 1.64. The molecule has 0 fully saturated rings. The van der Waals surface area contributed by atoms with Gasteiger partial charge in [0.15, 0.2) is 0 Å². The Balaban J connectivity index is 2.72. The average Bonchev–Trinajstić information content (AvgIpc) is 2.42. The van der Waals surface area contributed by atoms with Crippen LogP contribution in [-0.4, -0.2) is 7.11 Å². The highest BCUT2D eigenvalue weighted by Crippen LogP contribution is 2.35. The van der Waals surface area contributed by atoms with E-state index in [1.54, 1.807) is 18.4 Å². The molecule has 13 heavy (non-hydrogen) atoms. The van der Waals surface area contributed by atoms with E-state index in [9.17, 15) is 0 Å². The lowest BCUT2D eigenvalue weighted by molar-refractivity contribution is 0.406. The molecule has 0 unspecified atom stereocenters. The molecule has 1 aromatic heterocycles. The van der Waals surface area contributed by atoms with Crippen LogP contribution in [0.25, 0.3) is 10.1 Å². The van der Waals surface area contributed by atoms with E-state index >= 15 is 0 Å². The zero-order valence-corrected chi connectivity index (χ0v) is 9.34. The second kappa shape index (κ2) is 3.40. The van der Waals surface area contributed by atoms with Crippen LogP contribution in [0.15, 0.2) is 23.1 Å². The summed E-state index contributed by atoms with van der Waals surface area (Å²) in [5, 5.41) is 1.11. The van der Waals surface area contributed by atoms with Gasteiger partial charge in [0.25, 0.3) is 0 Å².